The fourth-order valence-corrected chi connectivity index (χ4v) is 4.32. The number of nitrogens with one attached hydrogen (secondary N) is 1. The molecule has 0 radical (unpaired) electrons. The lowest BCUT2D eigenvalue weighted by Crippen LogP contribution is -2.64. The largest absolute Gasteiger partial charge is 0.376 e. The maximum absolute atomic E-state index is 13.1. The van der Waals surface area contributed by atoms with Gasteiger partial charge in [-0.25, -0.2) is 0 Å². The lowest BCUT2D eigenvalue weighted by atomic mass is 9.73. The summed E-state index contributed by atoms with van der Waals surface area (Å²) in [6, 6.07) is 11.9. The first-order chi connectivity index (χ1) is 13.6. The number of amides is 1. The zero-order chi connectivity index (χ0) is 19.4. The molecule has 1 N–H and O–H groups in total. The standard InChI is InChI=1S/C22H26ClN3O2/c23-19-5-3-17(4-6-19)12-22(21(27)25-13-20-2-1-11-28-20)15-26(16-22)14-18-7-9-24-10-8-18/h3-10,20H,1-2,11-16H2,(H,25,27). The number of hydrogen-bond donors (Lipinski definition) is 1. The van der Waals surface area contributed by atoms with E-state index in [9.17, 15) is 4.79 Å². The molecule has 3 heterocycles. The van der Waals surface area contributed by atoms with Crippen molar-refractivity contribution in [3.63, 3.8) is 0 Å². The molecular formula is C22H26ClN3O2. The lowest BCUT2D eigenvalue weighted by Gasteiger charge is -2.49. The van der Waals surface area contributed by atoms with Crippen LogP contribution in [0.15, 0.2) is 48.8 Å². The summed E-state index contributed by atoms with van der Waals surface area (Å²) in [4.78, 5) is 19.5. The highest BCUT2D eigenvalue weighted by molar-refractivity contribution is 6.30. The molecule has 2 aliphatic heterocycles. The molecule has 5 nitrogen and oxygen atoms in total. The SMILES string of the molecule is O=C(NCC1CCCO1)C1(Cc2ccc(Cl)cc2)CN(Cc2ccncc2)C1. The van der Waals surface area contributed by atoms with Crippen LogP contribution in [0.1, 0.15) is 24.0 Å². The average molecular weight is 400 g/mol. The minimum Gasteiger partial charge on any atom is -0.376 e. The molecule has 1 aromatic heterocycles. The summed E-state index contributed by atoms with van der Waals surface area (Å²) in [5.41, 5.74) is 1.95. The Hall–Kier alpha value is -1.95. The van der Waals surface area contributed by atoms with E-state index in [1.165, 1.54) is 5.56 Å². The van der Waals surface area contributed by atoms with E-state index in [1.807, 2.05) is 48.8 Å². The lowest BCUT2D eigenvalue weighted by molar-refractivity contribution is -0.143. The molecule has 0 bridgehead atoms. The fourth-order valence-electron chi connectivity index (χ4n) is 4.20. The summed E-state index contributed by atoms with van der Waals surface area (Å²) in [5.74, 6) is 0.129. The van der Waals surface area contributed by atoms with Crippen molar-refractivity contribution >= 4 is 17.5 Å². The van der Waals surface area contributed by atoms with E-state index in [0.29, 0.717) is 18.0 Å². The van der Waals surface area contributed by atoms with Gasteiger partial charge in [-0.3, -0.25) is 14.7 Å². The Balaban J connectivity index is 1.42. The predicted octanol–water partition coefficient (Wildman–Crippen LogP) is 3.07. The first-order valence-electron chi connectivity index (χ1n) is 9.89. The van der Waals surface area contributed by atoms with Crippen LogP contribution in [0.4, 0.5) is 0 Å². The van der Waals surface area contributed by atoms with E-state index < -0.39 is 5.41 Å². The molecule has 2 saturated heterocycles. The molecule has 0 spiro atoms. The van der Waals surface area contributed by atoms with Crippen molar-refractivity contribution in [2.45, 2.75) is 31.9 Å². The number of halogens is 1. The summed E-state index contributed by atoms with van der Waals surface area (Å²) >= 11 is 6.02. The van der Waals surface area contributed by atoms with Gasteiger partial charge in [-0.2, -0.15) is 0 Å². The van der Waals surface area contributed by atoms with Crippen LogP contribution in [0.5, 0.6) is 0 Å². The van der Waals surface area contributed by atoms with Crippen molar-refractivity contribution in [1.82, 2.24) is 15.2 Å². The van der Waals surface area contributed by atoms with Gasteiger partial charge in [0.25, 0.3) is 0 Å². The smallest absolute Gasteiger partial charge is 0.229 e. The Labute approximate surface area is 171 Å². The maximum Gasteiger partial charge on any atom is 0.229 e. The molecule has 4 rings (SSSR count). The van der Waals surface area contributed by atoms with Crippen LogP contribution in [-0.2, 0) is 22.5 Å². The van der Waals surface area contributed by atoms with E-state index in [4.69, 9.17) is 16.3 Å². The second kappa shape index (κ2) is 8.60. The Bertz CT molecular complexity index is 785. The normalized spacial score (nSPS) is 21.2. The highest BCUT2D eigenvalue weighted by atomic mass is 35.5. The predicted molar refractivity (Wildman–Crippen MR) is 109 cm³/mol. The van der Waals surface area contributed by atoms with Gasteiger partial charge < -0.3 is 10.1 Å². The molecule has 1 amide bonds. The number of hydrogen-bond acceptors (Lipinski definition) is 4. The molecule has 2 fully saturated rings. The Kier molecular flexibility index (Phi) is 5.95. The second-order valence-electron chi connectivity index (χ2n) is 7.93. The van der Waals surface area contributed by atoms with Gasteiger partial charge in [-0.05, 0) is 54.7 Å². The Morgan fingerprint density at radius 2 is 1.93 bits per heavy atom. The molecule has 6 heteroatoms. The Morgan fingerprint density at radius 3 is 2.61 bits per heavy atom. The molecule has 2 aromatic rings. The molecule has 1 unspecified atom stereocenters. The summed E-state index contributed by atoms with van der Waals surface area (Å²) in [5, 5.41) is 3.87. The summed E-state index contributed by atoms with van der Waals surface area (Å²) in [6.07, 6.45) is 6.60. The van der Waals surface area contributed by atoms with Crippen molar-refractivity contribution < 1.29 is 9.53 Å². The molecule has 1 aromatic carbocycles. The van der Waals surface area contributed by atoms with Crippen molar-refractivity contribution in [2.24, 2.45) is 5.41 Å². The highest BCUT2D eigenvalue weighted by Gasteiger charge is 2.48. The minimum absolute atomic E-state index is 0.129. The monoisotopic (exact) mass is 399 g/mol. The maximum atomic E-state index is 13.1. The zero-order valence-corrected chi connectivity index (χ0v) is 16.7. The number of rotatable bonds is 7. The average Bonchev–Trinajstić information content (AvgIpc) is 3.20. The number of carbonyl (C=O) groups is 1. The quantitative estimate of drug-likeness (QED) is 0.777. The fraction of sp³-hybridized carbons (Fsp3) is 0.455. The number of carbonyl (C=O) groups excluding carboxylic acids is 1. The molecule has 0 aliphatic carbocycles. The number of ether oxygens (including phenoxy) is 1. The zero-order valence-electron chi connectivity index (χ0n) is 15.9. The van der Waals surface area contributed by atoms with Gasteiger partial charge in [0.2, 0.25) is 5.91 Å². The number of pyridine rings is 1. The molecule has 28 heavy (non-hydrogen) atoms. The van der Waals surface area contributed by atoms with E-state index >= 15 is 0 Å². The van der Waals surface area contributed by atoms with Crippen molar-refractivity contribution in [3.05, 3.63) is 64.9 Å². The third-order valence-corrected chi connectivity index (χ3v) is 5.91. The van der Waals surface area contributed by atoms with Gasteiger partial charge >= 0.3 is 0 Å². The van der Waals surface area contributed by atoms with Crippen LogP contribution in [0.25, 0.3) is 0 Å². The van der Waals surface area contributed by atoms with Gasteiger partial charge in [0.1, 0.15) is 0 Å². The van der Waals surface area contributed by atoms with Crippen LogP contribution >= 0.6 is 11.6 Å². The van der Waals surface area contributed by atoms with Crippen LogP contribution in [0, 0.1) is 5.41 Å². The number of likely N-dealkylation sites (tertiary alicyclic amines) is 1. The first kappa shape index (κ1) is 19.4. The third-order valence-electron chi connectivity index (χ3n) is 5.66. The third kappa shape index (κ3) is 4.54. The van der Waals surface area contributed by atoms with Crippen LogP contribution in [-0.4, -0.2) is 48.1 Å². The molecule has 0 saturated carbocycles. The van der Waals surface area contributed by atoms with Gasteiger partial charge in [-0.15, -0.1) is 0 Å². The molecule has 1 atom stereocenters. The van der Waals surface area contributed by atoms with Crippen molar-refractivity contribution in [3.8, 4) is 0 Å². The van der Waals surface area contributed by atoms with E-state index in [1.54, 1.807) is 0 Å². The van der Waals surface area contributed by atoms with Crippen molar-refractivity contribution in [2.75, 3.05) is 26.2 Å². The number of benzene rings is 1. The van der Waals surface area contributed by atoms with Crippen LogP contribution < -0.4 is 5.32 Å². The molecule has 148 valence electrons. The van der Waals surface area contributed by atoms with Crippen LogP contribution in [0.2, 0.25) is 5.02 Å². The second-order valence-corrected chi connectivity index (χ2v) is 8.37. The van der Waals surface area contributed by atoms with E-state index in [-0.39, 0.29) is 12.0 Å². The molecular weight excluding hydrogens is 374 g/mol. The van der Waals surface area contributed by atoms with Gasteiger partial charge in [0.15, 0.2) is 0 Å². The topological polar surface area (TPSA) is 54.5 Å². The highest BCUT2D eigenvalue weighted by Crippen LogP contribution is 2.36. The minimum atomic E-state index is -0.403. The number of aromatic nitrogens is 1. The summed E-state index contributed by atoms with van der Waals surface area (Å²) in [6.45, 7) is 3.73. The van der Waals surface area contributed by atoms with Crippen molar-refractivity contribution in [1.29, 1.82) is 0 Å². The van der Waals surface area contributed by atoms with E-state index in [2.05, 4.69) is 15.2 Å². The van der Waals surface area contributed by atoms with Gasteiger partial charge in [0, 0.05) is 50.2 Å². The van der Waals surface area contributed by atoms with Gasteiger partial charge in [-0.1, -0.05) is 23.7 Å². The summed E-state index contributed by atoms with van der Waals surface area (Å²) in [7, 11) is 0. The Morgan fingerprint density at radius 1 is 1.18 bits per heavy atom. The van der Waals surface area contributed by atoms with E-state index in [0.717, 1.165) is 44.6 Å². The first-order valence-corrected chi connectivity index (χ1v) is 10.3. The molecule has 2 aliphatic rings. The summed E-state index contributed by atoms with van der Waals surface area (Å²) < 4.78 is 5.65. The number of nitrogens with zero attached hydrogens (tertiary/aromatic N) is 2. The van der Waals surface area contributed by atoms with Gasteiger partial charge in [0.05, 0.1) is 11.5 Å². The van der Waals surface area contributed by atoms with Crippen LogP contribution in [0.3, 0.4) is 0 Å².